The van der Waals surface area contributed by atoms with Crippen LogP contribution in [-0.4, -0.2) is 51.4 Å². The molecule has 2 aromatic carbocycles. The number of fused-ring (bicyclic) bond motifs is 4. The smallest absolute Gasteiger partial charge is 0.264 e. The van der Waals surface area contributed by atoms with Crippen LogP contribution in [0.15, 0.2) is 60.1 Å². The maximum Gasteiger partial charge on any atom is 0.264 e. The zero-order valence-corrected chi connectivity index (χ0v) is 29.5. The van der Waals surface area contributed by atoms with E-state index in [-0.39, 0.29) is 23.2 Å². The van der Waals surface area contributed by atoms with Gasteiger partial charge in [0.25, 0.3) is 5.91 Å². The first-order valence-corrected chi connectivity index (χ1v) is 19.3. The lowest BCUT2D eigenvalue weighted by Crippen LogP contribution is -2.52. The summed E-state index contributed by atoms with van der Waals surface area (Å²) in [7, 11) is -2.20. The van der Waals surface area contributed by atoms with E-state index in [9.17, 15) is 13.2 Å². The monoisotopic (exact) mass is 695 g/mol. The Labute approximate surface area is 286 Å². The molecule has 0 radical (unpaired) electrons. The highest BCUT2D eigenvalue weighted by Gasteiger charge is 2.51. The first-order valence-electron chi connectivity index (χ1n) is 16.5. The number of benzene rings is 2. The number of allylic oxidation sites excluding steroid dienone is 1. The minimum atomic E-state index is -3.95. The van der Waals surface area contributed by atoms with Crippen LogP contribution in [0.5, 0.6) is 5.75 Å². The van der Waals surface area contributed by atoms with E-state index in [1.54, 1.807) is 31.4 Å². The number of halogens is 1. The molecule has 0 saturated heterocycles. The third kappa shape index (κ3) is 5.79. The van der Waals surface area contributed by atoms with Gasteiger partial charge in [0.05, 0.1) is 17.5 Å². The summed E-state index contributed by atoms with van der Waals surface area (Å²) in [5, 5.41) is 2.83. The minimum Gasteiger partial charge on any atom is -0.490 e. The summed E-state index contributed by atoms with van der Waals surface area (Å²) in [6.45, 7) is 5.48. The van der Waals surface area contributed by atoms with Crippen molar-refractivity contribution >= 4 is 44.6 Å². The lowest BCUT2D eigenvalue weighted by atomic mass is 9.64. The number of thiazole rings is 1. The summed E-state index contributed by atoms with van der Waals surface area (Å²) in [5.41, 5.74) is 2.61. The van der Waals surface area contributed by atoms with E-state index in [0.29, 0.717) is 30.9 Å². The molecule has 1 N–H and O–H groups in total. The van der Waals surface area contributed by atoms with Gasteiger partial charge < -0.3 is 14.4 Å². The Bertz CT molecular complexity index is 1800. The number of methoxy groups -OCH3 is 1. The van der Waals surface area contributed by atoms with Crippen molar-refractivity contribution in [1.82, 2.24) is 9.71 Å². The number of aryl methyl sites for hydroxylation is 1. The maximum atomic E-state index is 13.5. The Morgan fingerprint density at radius 3 is 2.77 bits per heavy atom. The Morgan fingerprint density at radius 1 is 1.17 bits per heavy atom. The van der Waals surface area contributed by atoms with Gasteiger partial charge in [0.15, 0.2) is 0 Å². The number of ether oxygens (including phenoxy) is 2. The molecule has 7 rings (SSSR count). The van der Waals surface area contributed by atoms with Crippen LogP contribution >= 0.6 is 22.9 Å². The number of hydrogen-bond donors (Lipinski definition) is 1. The SMILES string of the molecule is CO[C@@]1(c2nccs2)/C=C/C[C@H](C)[C@@H](C)S(=O)(=O)NC(=O)c2ccc3c(c2)N(C[C@@H]2CC[C@H]21)C[C@@]1(CCCc2cc(Cl)ccc21)CO3. The predicted molar refractivity (Wildman–Crippen MR) is 186 cm³/mol. The highest BCUT2D eigenvalue weighted by Crippen LogP contribution is 2.52. The number of aromatic nitrogens is 1. The van der Waals surface area contributed by atoms with Crippen LogP contribution < -0.4 is 14.4 Å². The quantitative estimate of drug-likeness (QED) is 0.292. The Balaban J connectivity index is 1.35. The molecule has 2 aliphatic heterocycles. The molecule has 1 fully saturated rings. The topological polar surface area (TPSA) is 97.8 Å². The first kappa shape index (κ1) is 32.6. The van der Waals surface area contributed by atoms with E-state index >= 15 is 0 Å². The molecule has 3 heterocycles. The van der Waals surface area contributed by atoms with Gasteiger partial charge in [-0.1, -0.05) is 30.7 Å². The molecular formula is C36H42ClN3O5S2. The third-order valence-corrected chi connectivity index (χ3v) is 14.3. The number of carbonyl (C=O) groups excluding carboxylic acids is 1. The second-order valence-electron chi connectivity index (χ2n) is 13.9. The number of carbonyl (C=O) groups is 1. The number of rotatable bonds is 2. The molecule has 8 nitrogen and oxygen atoms in total. The van der Waals surface area contributed by atoms with Gasteiger partial charge in [-0.2, -0.15) is 0 Å². The second kappa shape index (κ2) is 12.5. The molecule has 47 heavy (non-hydrogen) atoms. The Morgan fingerprint density at radius 2 is 2.02 bits per heavy atom. The van der Waals surface area contributed by atoms with Crippen LogP contribution in [0.4, 0.5) is 5.69 Å². The van der Waals surface area contributed by atoms with Crippen LogP contribution in [0, 0.1) is 17.8 Å². The van der Waals surface area contributed by atoms with Crippen LogP contribution in [0.3, 0.4) is 0 Å². The van der Waals surface area contributed by atoms with Crippen LogP contribution in [-0.2, 0) is 32.2 Å². The minimum absolute atomic E-state index is 0.159. The fourth-order valence-corrected chi connectivity index (χ4v) is 10.5. The molecule has 3 aromatic rings. The molecule has 2 bridgehead atoms. The number of anilines is 1. The predicted octanol–water partition coefficient (Wildman–Crippen LogP) is 6.88. The fourth-order valence-electron chi connectivity index (χ4n) is 8.20. The molecule has 2 aliphatic carbocycles. The van der Waals surface area contributed by atoms with Gasteiger partial charge >= 0.3 is 0 Å². The van der Waals surface area contributed by atoms with Crippen molar-refractivity contribution in [2.45, 2.75) is 68.6 Å². The van der Waals surface area contributed by atoms with Gasteiger partial charge in [0.1, 0.15) is 16.4 Å². The highest BCUT2D eigenvalue weighted by molar-refractivity contribution is 7.90. The lowest BCUT2D eigenvalue weighted by Gasteiger charge is -2.49. The Hall–Kier alpha value is -2.92. The van der Waals surface area contributed by atoms with Crippen molar-refractivity contribution in [3.05, 3.63) is 86.8 Å². The van der Waals surface area contributed by atoms with Crippen molar-refractivity contribution in [2.75, 3.05) is 31.7 Å². The molecule has 1 amide bonds. The van der Waals surface area contributed by atoms with Crippen molar-refractivity contribution in [1.29, 1.82) is 0 Å². The van der Waals surface area contributed by atoms with E-state index in [0.717, 1.165) is 54.4 Å². The van der Waals surface area contributed by atoms with Gasteiger partial charge in [-0.3, -0.25) is 4.79 Å². The summed E-state index contributed by atoms with van der Waals surface area (Å²) in [4.78, 5) is 20.7. The highest BCUT2D eigenvalue weighted by atomic mass is 35.5. The molecular weight excluding hydrogens is 654 g/mol. The van der Waals surface area contributed by atoms with E-state index in [2.05, 4.69) is 27.8 Å². The molecule has 6 atom stereocenters. The van der Waals surface area contributed by atoms with Crippen molar-refractivity contribution < 1.29 is 22.7 Å². The average Bonchev–Trinajstić information content (AvgIpc) is 3.54. The summed E-state index contributed by atoms with van der Waals surface area (Å²) in [6, 6.07) is 11.5. The van der Waals surface area contributed by atoms with Gasteiger partial charge in [0, 0.05) is 53.7 Å². The zero-order valence-electron chi connectivity index (χ0n) is 27.1. The summed E-state index contributed by atoms with van der Waals surface area (Å²) >= 11 is 8.04. The third-order valence-electron chi connectivity index (χ3n) is 11.2. The molecule has 250 valence electrons. The lowest BCUT2D eigenvalue weighted by molar-refractivity contribution is -0.0805. The normalized spacial score (nSPS) is 32.6. The molecule has 11 heteroatoms. The van der Waals surface area contributed by atoms with Crippen LogP contribution in [0.1, 0.15) is 72.4 Å². The van der Waals surface area contributed by atoms with E-state index in [1.165, 1.54) is 11.1 Å². The largest absolute Gasteiger partial charge is 0.490 e. The molecule has 1 aromatic heterocycles. The van der Waals surface area contributed by atoms with Gasteiger partial charge in [-0.15, -0.1) is 11.3 Å². The first-order chi connectivity index (χ1) is 22.5. The van der Waals surface area contributed by atoms with E-state index in [1.807, 2.05) is 42.8 Å². The summed E-state index contributed by atoms with van der Waals surface area (Å²) < 4.78 is 42.3. The second-order valence-corrected chi connectivity index (χ2v) is 17.2. The van der Waals surface area contributed by atoms with Crippen molar-refractivity contribution in [2.24, 2.45) is 17.8 Å². The number of nitrogens with one attached hydrogen (secondary N) is 1. The maximum absolute atomic E-state index is 13.5. The number of sulfonamides is 1. The van der Waals surface area contributed by atoms with Crippen molar-refractivity contribution in [3.63, 3.8) is 0 Å². The van der Waals surface area contributed by atoms with Gasteiger partial charge in [-0.25, -0.2) is 18.1 Å². The van der Waals surface area contributed by atoms with E-state index in [4.69, 9.17) is 26.1 Å². The van der Waals surface area contributed by atoms with Gasteiger partial charge in [-0.05, 0) is 105 Å². The molecule has 1 saturated carbocycles. The summed E-state index contributed by atoms with van der Waals surface area (Å²) in [5.74, 6) is 0.260. The molecule has 1 spiro atoms. The standard InChI is InChI=1S/C36H42ClN3O5S2/c1-23-6-4-15-36(44-3,34-38-16-17-46-34)30-11-8-27(30)20-40-21-35(14-5-7-25-18-28(37)10-12-29(25)35)22-45-32-13-9-26(19-31(32)40)33(41)39-47(42,43)24(23)2/h4,9-10,12-13,15-19,23-24,27,30H,5-8,11,14,20-22H2,1-3H3,(H,39,41)/b15-4+/t23-,24+,27-,30+,35-,36-/m0/s1. The van der Waals surface area contributed by atoms with E-state index < -0.39 is 26.8 Å². The van der Waals surface area contributed by atoms with Crippen molar-refractivity contribution in [3.8, 4) is 5.75 Å². The van der Waals surface area contributed by atoms with Crippen LogP contribution in [0.25, 0.3) is 0 Å². The average molecular weight is 696 g/mol. The number of hydrogen-bond acceptors (Lipinski definition) is 8. The zero-order chi connectivity index (χ0) is 33.0. The van der Waals surface area contributed by atoms with Crippen LogP contribution in [0.2, 0.25) is 5.02 Å². The van der Waals surface area contributed by atoms with Gasteiger partial charge in [0.2, 0.25) is 10.0 Å². The molecule has 0 unspecified atom stereocenters. The summed E-state index contributed by atoms with van der Waals surface area (Å²) in [6.07, 6.45) is 11.5. The fraction of sp³-hybridized carbons (Fsp3) is 0.500. The molecule has 4 aliphatic rings. The Kier molecular flexibility index (Phi) is 8.68. The number of amides is 1. The number of nitrogens with zero attached hydrogens (tertiary/aromatic N) is 2.